The van der Waals surface area contributed by atoms with E-state index in [1.54, 1.807) is 0 Å². The Morgan fingerprint density at radius 3 is 2.17 bits per heavy atom. The first-order valence-corrected chi connectivity index (χ1v) is 1.60. The molecule has 3 nitrogen and oxygen atoms in total. The van der Waals surface area contributed by atoms with Crippen LogP contribution in [0.2, 0.25) is 0 Å². The standard InChI is InChI=1S/C3H8O2.H3N/c1-2-5-3-4;/h4H,2-3H2,1H3;1H3. The Hall–Kier alpha value is -0.120. The van der Waals surface area contributed by atoms with Gasteiger partial charge in [-0.3, -0.25) is 0 Å². The van der Waals surface area contributed by atoms with Gasteiger partial charge in [0.15, 0.2) is 0 Å². The van der Waals surface area contributed by atoms with Crippen LogP contribution >= 0.6 is 0 Å². The molecule has 0 atom stereocenters. The van der Waals surface area contributed by atoms with Gasteiger partial charge in [-0.1, -0.05) is 0 Å². The number of aliphatic hydroxyl groups is 1. The van der Waals surface area contributed by atoms with Crippen LogP contribution in [0.5, 0.6) is 0 Å². The van der Waals surface area contributed by atoms with E-state index >= 15 is 0 Å². The lowest BCUT2D eigenvalue weighted by atomic mass is 10.9. The Bertz CT molecular complexity index is 16.3. The summed E-state index contributed by atoms with van der Waals surface area (Å²) in [5.74, 6) is 0. The summed E-state index contributed by atoms with van der Waals surface area (Å²) >= 11 is 0. The minimum absolute atomic E-state index is 0. The lowest BCUT2D eigenvalue weighted by Crippen LogP contribution is -1.88. The lowest BCUT2D eigenvalue weighted by Gasteiger charge is -1.85. The molecule has 0 aromatic carbocycles. The third kappa shape index (κ3) is 9.11. The molecule has 6 heavy (non-hydrogen) atoms. The highest BCUT2D eigenvalue weighted by Gasteiger charge is 1.64. The predicted molar refractivity (Wildman–Crippen MR) is 23.7 cm³/mol. The molecule has 40 valence electrons. The molecule has 0 amide bonds. The van der Waals surface area contributed by atoms with E-state index in [2.05, 4.69) is 4.74 Å². The van der Waals surface area contributed by atoms with Crippen molar-refractivity contribution in [2.45, 2.75) is 6.92 Å². The molecule has 0 aliphatic carbocycles. The molecule has 3 heteroatoms. The Kier molecular flexibility index (Phi) is 13.7. The van der Waals surface area contributed by atoms with Crippen LogP contribution in [0.4, 0.5) is 0 Å². The van der Waals surface area contributed by atoms with Gasteiger partial charge in [-0.25, -0.2) is 0 Å². The van der Waals surface area contributed by atoms with E-state index in [1.165, 1.54) is 0 Å². The van der Waals surface area contributed by atoms with Gasteiger partial charge >= 0.3 is 0 Å². The van der Waals surface area contributed by atoms with Crippen molar-refractivity contribution in [2.24, 2.45) is 0 Å². The van der Waals surface area contributed by atoms with Gasteiger partial charge in [-0.05, 0) is 6.92 Å². The van der Waals surface area contributed by atoms with Crippen LogP contribution in [-0.2, 0) is 4.74 Å². The summed E-state index contributed by atoms with van der Waals surface area (Å²) in [7, 11) is 0. The molecule has 0 spiro atoms. The van der Waals surface area contributed by atoms with Gasteiger partial charge in [0.1, 0.15) is 6.79 Å². The molecule has 0 unspecified atom stereocenters. The zero-order valence-electron chi connectivity index (χ0n) is 3.98. The van der Waals surface area contributed by atoms with E-state index in [0.717, 1.165) is 0 Å². The second-order valence-electron chi connectivity index (χ2n) is 0.622. The van der Waals surface area contributed by atoms with Crippen molar-refractivity contribution in [2.75, 3.05) is 13.4 Å². The first-order chi connectivity index (χ1) is 2.41. The van der Waals surface area contributed by atoms with E-state index in [-0.39, 0.29) is 12.9 Å². The van der Waals surface area contributed by atoms with Crippen molar-refractivity contribution in [1.29, 1.82) is 0 Å². The average molecular weight is 93.1 g/mol. The number of aliphatic hydroxyl groups excluding tert-OH is 1. The summed E-state index contributed by atoms with van der Waals surface area (Å²) < 4.78 is 4.39. The molecule has 0 rings (SSSR count). The molecule has 0 fully saturated rings. The monoisotopic (exact) mass is 93.1 g/mol. The summed E-state index contributed by atoms with van der Waals surface area (Å²) in [4.78, 5) is 0. The smallest absolute Gasteiger partial charge is 0.143 e. The first kappa shape index (κ1) is 9.30. The van der Waals surface area contributed by atoms with Gasteiger partial charge in [0.2, 0.25) is 0 Å². The van der Waals surface area contributed by atoms with Crippen LogP contribution in [0.15, 0.2) is 0 Å². The summed E-state index contributed by atoms with van der Waals surface area (Å²) in [5, 5.41) is 7.84. The SMILES string of the molecule is CCOCO.N. The summed E-state index contributed by atoms with van der Waals surface area (Å²) in [6.45, 7) is 2.27. The van der Waals surface area contributed by atoms with Gasteiger partial charge in [-0.2, -0.15) is 0 Å². The molecule has 0 aliphatic heterocycles. The third-order valence-electron chi connectivity index (χ3n) is 0.295. The normalized spacial score (nSPS) is 7.00. The third-order valence-corrected chi connectivity index (χ3v) is 0.295. The fraction of sp³-hybridized carbons (Fsp3) is 1.00. The average Bonchev–Trinajstić information content (AvgIpc) is 1.41. The Morgan fingerprint density at radius 2 is 2.17 bits per heavy atom. The van der Waals surface area contributed by atoms with Crippen molar-refractivity contribution in [3.05, 3.63) is 0 Å². The molecule has 0 aromatic heterocycles. The Labute approximate surface area is 37.5 Å². The molecule has 0 bridgehead atoms. The first-order valence-electron chi connectivity index (χ1n) is 1.60. The van der Waals surface area contributed by atoms with Crippen LogP contribution < -0.4 is 6.15 Å². The molecular formula is C3H11NO2. The van der Waals surface area contributed by atoms with Gasteiger partial charge in [-0.15, -0.1) is 0 Å². The summed E-state index contributed by atoms with van der Waals surface area (Å²) in [6, 6.07) is 0. The molecule has 0 radical (unpaired) electrons. The van der Waals surface area contributed by atoms with E-state index in [4.69, 9.17) is 5.11 Å². The van der Waals surface area contributed by atoms with E-state index in [9.17, 15) is 0 Å². The highest BCUT2D eigenvalue weighted by molar-refractivity contribution is 3.98. The van der Waals surface area contributed by atoms with Crippen LogP contribution in [0, 0.1) is 0 Å². The summed E-state index contributed by atoms with van der Waals surface area (Å²) in [6.07, 6.45) is 0. The van der Waals surface area contributed by atoms with Crippen LogP contribution in [0.25, 0.3) is 0 Å². The molecule has 0 heterocycles. The Balaban J connectivity index is 0. The lowest BCUT2D eigenvalue weighted by molar-refractivity contribution is 0.00540. The summed E-state index contributed by atoms with van der Waals surface area (Å²) in [5.41, 5.74) is 0. The maximum absolute atomic E-state index is 7.84. The Morgan fingerprint density at radius 1 is 1.67 bits per heavy atom. The maximum atomic E-state index is 7.84. The quantitative estimate of drug-likeness (QED) is 0.477. The van der Waals surface area contributed by atoms with Crippen LogP contribution in [0.3, 0.4) is 0 Å². The zero-order chi connectivity index (χ0) is 4.12. The number of hydrogen-bond donors (Lipinski definition) is 2. The van der Waals surface area contributed by atoms with Crippen molar-refractivity contribution in [3.63, 3.8) is 0 Å². The zero-order valence-corrected chi connectivity index (χ0v) is 3.98. The molecule has 0 aromatic rings. The van der Waals surface area contributed by atoms with Gasteiger partial charge < -0.3 is 16.0 Å². The van der Waals surface area contributed by atoms with Crippen molar-refractivity contribution < 1.29 is 9.84 Å². The minimum Gasteiger partial charge on any atom is -0.371 e. The second-order valence-corrected chi connectivity index (χ2v) is 0.622. The molecule has 0 saturated heterocycles. The van der Waals surface area contributed by atoms with Crippen molar-refractivity contribution >= 4 is 0 Å². The largest absolute Gasteiger partial charge is 0.371 e. The number of rotatable bonds is 2. The van der Waals surface area contributed by atoms with E-state index in [0.29, 0.717) is 6.61 Å². The van der Waals surface area contributed by atoms with Crippen molar-refractivity contribution in [1.82, 2.24) is 6.15 Å². The van der Waals surface area contributed by atoms with Crippen LogP contribution in [-0.4, -0.2) is 18.5 Å². The van der Waals surface area contributed by atoms with Gasteiger partial charge in [0.25, 0.3) is 0 Å². The fourth-order valence-corrected chi connectivity index (χ4v) is 0.0913. The van der Waals surface area contributed by atoms with E-state index in [1.807, 2.05) is 6.92 Å². The number of hydrogen-bond acceptors (Lipinski definition) is 3. The predicted octanol–water partition coefficient (Wildman–Crippen LogP) is 0.135. The van der Waals surface area contributed by atoms with Crippen LogP contribution in [0.1, 0.15) is 6.92 Å². The number of ether oxygens (including phenoxy) is 1. The molecule has 0 aliphatic rings. The maximum Gasteiger partial charge on any atom is 0.143 e. The molecule has 0 saturated carbocycles. The minimum atomic E-state index is -0.156. The van der Waals surface area contributed by atoms with Gasteiger partial charge in [0, 0.05) is 6.61 Å². The topological polar surface area (TPSA) is 64.5 Å². The van der Waals surface area contributed by atoms with Crippen molar-refractivity contribution in [3.8, 4) is 0 Å². The molecule has 4 N–H and O–H groups in total. The highest BCUT2D eigenvalue weighted by Crippen LogP contribution is 1.61. The fourth-order valence-electron chi connectivity index (χ4n) is 0.0913. The van der Waals surface area contributed by atoms with Gasteiger partial charge in [0.05, 0.1) is 0 Å². The highest BCUT2D eigenvalue weighted by atomic mass is 16.6. The van der Waals surface area contributed by atoms with E-state index < -0.39 is 0 Å². The second kappa shape index (κ2) is 8.86. The molecular weight excluding hydrogens is 82.0 g/mol.